The van der Waals surface area contributed by atoms with Crippen LogP contribution in [0.2, 0.25) is 0 Å². The Hall–Kier alpha value is -7.94. The maximum absolute atomic E-state index is 6.17. The molecule has 2 heteroatoms. The van der Waals surface area contributed by atoms with Crippen molar-refractivity contribution < 1.29 is 4.42 Å². The summed E-state index contributed by atoms with van der Waals surface area (Å²) in [5.74, 6) is 0. The molecular weight excluding hydrogens is 739 g/mol. The summed E-state index contributed by atoms with van der Waals surface area (Å²) in [7, 11) is 0. The average Bonchev–Trinajstić information content (AvgIpc) is 3.96. The van der Waals surface area contributed by atoms with E-state index in [2.05, 4.69) is 217 Å². The average molecular weight is 776 g/mol. The van der Waals surface area contributed by atoms with Gasteiger partial charge in [0.05, 0.1) is 5.41 Å². The molecule has 0 unspecified atom stereocenters. The highest BCUT2D eigenvalue weighted by atomic mass is 16.3. The molecule has 2 aliphatic rings. The van der Waals surface area contributed by atoms with Gasteiger partial charge in [0.2, 0.25) is 0 Å². The van der Waals surface area contributed by atoms with Crippen molar-refractivity contribution in [3.63, 3.8) is 0 Å². The van der Waals surface area contributed by atoms with E-state index >= 15 is 0 Å². The summed E-state index contributed by atoms with van der Waals surface area (Å²) in [4.78, 5) is 2.42. The topological polar surface area (TPSA) is 16.4 Å². The van der Waals surface area contributed by atoms with Gasteiger partial charge in [-0.1, -0.05) is 170 Å². The summed E-state index contributed by atoms with van der Waals surface area (Å²) in [6, 6.07) is 82.4. The van der Waals surface area contributed by atoms with E-state index in [0.29, 0.717) is 0 Å². The highest BCUT2D eigenvalue weighted by Crippen LogP contribution is 2.64. The predicted molar refractivity (Wildman–Crippen MR) is 253 cm³/mol. The molecule has 10 aromatic carbocycles. The van der Waals surface area contributed by atoms with Crippen LogP contribution in [0.15, 0.2) is 229 Å². The third-order valence-electron chi connectivity index (χ3n) is 13.3. The number of furan rings is 1. The van der Waals surface area contributed by atoms with Gasteiger partial charge >= 0.3 is 0 Å². The first kappa shape index (κ1) is 34.0. The van der Waals surface area contributed by atoms with Gasteiger partial charge in [-0.05, 0) is 132 Å². The molecule has 0 radical (unpaired) electrons. The van der Waals surface area contributed by atoms with E-state index in [9.17, 15) is 0 Å². The van der Waals surface area contributed by atoms with Crippen molar-refractivity contribution >= 4 is 49.8 Å². The second-order valence-electron chi connectivity index (χ2n) is 16.4. The zero-order valence-electron chi connectivity index (χ0n) is 33.2. The molecule has 0 fully saturated rings. The van der Waals surface area contributed by atoms with Crippen molar-refractivity contribution in [1.82, 2.24) is 0 Å². The Labute approximate surface area is 354 Å². The quantitative estimate of drug-likeness (QED) is 0.173. The number of hydrogen-bond acceptors (Lipinski definition) is 2. The number of hydrogen-bond donors (Lipinski definition) is 0. The van der Waals surface area contributed by atoms with Crippen LogP contribution in [-0.4, -0.2) is 0 Å². The number of anilines is 3. The Bertz CT molecular complexity index is 3480. The van der Waals surface area contributed by atoms with Crippen LogP contribution in [0.3, 0.4) is 0 Å². The van der Waals surface area contributed by atoms with E-state index < -0.39 is 5.41 Å². The van der Waals surface area contributed by atoms with Crippen molar-refractivity contribution in [2.24, 2.45) is 0 Å². The van der Waals surface area contributed by atoms with Crippen LogP contribution in [0, 0.1) is 0 Å². The maximum atomic E-state index is 6.17. The van der Waals surface area contributed by atoms with Crippen LogP contribution >= 0.6 is 0 Å². The van der Waals surface area contributed by atoms with E-state index in [-0.39, 0.29) is 0 Å². The minimum absolute atomic E-state index is 0.472. The minimum atomic E-state index is -0.472. The molecule has 11 aromatic rings. The molecule has 1 heterocycles. The van der Waals surface area contributed by atoms with Crippen LogP contribution in [-0.2, 0) is 5.41 Å². The lowest BCUT2D eigenvalue weighted by Gasteiger charge is -2.32. The smallest absolute Gasteiger partial charge is 0.135 e. The number of benzene rings is 10. The molecule has 2 nitrogen and oxygen atoms in total. The summed E-state index contributed by atoms with van der Waals surface area (Å²) < 4.78 is 6.17. The lowest BCUT2D eigenvalue weighted by molar-refractivity contribution is 0.669. The first-order valence-corrected chi connectivity index (χ1v) is 21.1. The van der Waals surface area contributed by atoms with Gasteiger partial charge in [-0.25, -0.2) is 0 Å². The van der Waals surface area contributed by atoms with Gasteiger partial charge in [0.25, 0.3) is 0 Å². The maximum Gasteiger partial charge on any atom is 0.135 e. The molecule has 2 aliphatic carbocycles. The van der Waals surface area contributed by atoms with Crippen LogP contribution in [0.25, 0.3) is 77.2 Å². The van der Waals surface area contributed by atoms with Gasteiger partial charge in [0, 0.05) is 27.8 Å². The Morgan fingerprint density at radius 2 is 0.869 bits per heavy atom. The van der Waals surface area contributed by atoms with Crippen LogP contribution in [0.4, 0.5) is 17.1 Å². The van der Waals surface area contributed by atoms with Gasteiger partial charge in [0.15, 0.2) is 0 Å². The molecule has 0 N–H and O–H groups in total. The second-order valence-corrected chi connectivity index (χ2v) is 16.4. The fraction of sp³-hybridized carbons (Fsp3) is 0.0169. The normalized spacial score (nSPS) is 13.0. The minimum Gasteiger partial charge on any atom is -0.456 e. The van der Waals surface area contributed by atoms with Gasteiger partial charge in [-0.3, -0.25) is 0 Å². The molecule has 13 rings (SSSR count). The molecule has 0 saturated carbocycles. The second kappa shape index (κ2) is 13.0. The summed E-state index contributed by atoms with van der Waals surface area (Å²) in [5.41, 5.74) is 19.9. The SMILES string of the molecule is c1ccc(-c2ccc(N(c3ccc(-c4ccc5oc6ccccc6c5c4)cc3)c3ccc4c(c3)C3(c5ccccc5-c5ccccc53)c3ccc5ccccc5c3-4)cc2)cc1. The van der Waals surface area contributed by atoms with Crippen LogP contribution in [0.5, 0.6) is 0 Å². The van der Waals surface area contributed by atoms with Gasteiger partial charge in [-0.15, -0.1) is 0 Å². The molecule has 284 valence electrons. The van der Waals surface area contributed by atoms with Crippen molar-refractivity contribution in [2.45, 2.75) is 5.41 Å². The van der Waals surface area contributed by atoms with E-state index in [1.165, 1.54) is 66.4 Å². The lowest BCUT2D eigenvalue weighted by Crippen LogP contribution is -2.26. The Morgan fingerprint density at radius 3 is 1.61 bits per heavy atom. The zero-order valence-corrected chi connectivity index (χ0v) is 33.2. The number of para-hydroxylation sites is 1. The molecule has 0 bridgehead atoms. The lowest BCUT2D eigenvalue weighted by atomic mass is 9.70. The zero-order chi connectivity index (χ0) is 40.1. The summed E-state index contributed by atoms with van der Waals surface area (Å²) >= 11 is 0. The van der Waals surface area contributed by atoms with Crippen molar-refractivity contribution in [3.05, 3.63) is 247 Å². The summed E-state index contributed by atoms with van der Waals surface area (Å²) in [6.45, 7) is 0. The highest BCUT2D eigenvalue weighted by molar-refractivity contribution is 6.08. The van der Waals surface area contributed by atoms with Crippen molar-refractivity contribution in [2.75, 3.05) is 4.90 Å². The summed E-state index contributed by atoms with van der Waals surface area (Å²) in [5, 5.41) is 4.82. The number of fused-ring (bicyclic) bond motifs is 15. The largest absolute Gasteiger partial charge is 0.456 e. The molecule has 1 spiro atoms. The third-order valence-corrected chi connectivity index (χ3v) is 13.3. The molecular formula is C59H37NO. The highest BCUT2D eigenvalue weighted by Gasteiger charge is 2.52. The van der Waals surface area contributed by atoms with Gasteiger partial charge < -0.3 is 9.32 Å². The van der Waals surface area contributed by atoms with Crippen LogP contribution in [0.1, 0.15) is 22.3 Å². The van der Waals surface area contributed by atoms with E-state index in [0.717, 1.165) is 50.1 Å². The Balaban J connectivity index is 1.02. The number of rotatable bonds is 5. The van der Waals surface area contributed by atoms with E-state index in [4.69, 9.17) is 4.42 Å². The Morgan fingerprint density at radius 1 is 0.311 bits per heavy atom. The standard InChI is InChI=1S/C59H37NO/c1-2-12-38(13-3-1)39-22-28-43(29-23-39)60(44-30-24-40(25-31-44)42-27-35-57-51(36-42)49-18-8-11-21-56(49)61-57)45-32-33-50-55(37-45)59(54-34-26-41-14-4-5-15-46(41)58(50)54)52-19-9-6-16-47(52)48-17-7-10-20-53(48)59/h1-37H. The van der Waals surface area contributed by atoms with E-state index in [1.54, 1.807) is 0 Å². The third kappa shape index (κ3) is 4.91. The van der Waals surface area contributed by atoms with Crippen molar-refractivity contribution in [3.8, 4) is 44.5 Å². The molecule has 1 aromatic heterocycles. The molecule has 0 aliphatic heterocycles. The van der Waals surface area contributed by atoms with Gasteiger partial charge in [-0.2, -0.15) is 0 Å². The van der Waals surface area contributed by atoms with Crippen molar-refractivity contribution in [1.29, 1.82) is 0 Å². The predicted octanol–water partition coefficient (Wildman–Crippen LogP) is 15.9. The molecule has 61 heavy (non-hydrogen) atoms. The number of nitrogens with zero attached hydrogens (tertiary/aromatic N) is 1. The molecule has 0 atom stereocenters. The van der Waals surface area contributed by atoms with Crippen LogP contribution < -0.4 is 4.90 Å². The fourth-order valence-electron chi connectivity index (χ4n) is 10.6. The first-order valence-electron chi connectivity index (χ1n) is 21.1. The Kier molecular flexibility index (Phi) is 7.26. The fourth-order valence-corrected chi connectivity index (χ4v) is 10.6. The summed E-state index contributed by atoms with van der Waals surface area (Å²) in [6.07, 6.45) is 0. The van der Waals surface area contributed by atoms with Gasteiger partial charge in [0.1, 0.15) is 11.2 Å². The molecule has 0 saturated heterocycles. The monoisotopic (exact) mass is 775 g/mol. The first-order chi connectivity index (χ1) is 30.2. The van der Waals surface area contributed by atoms with E-state index in [1.807, 2.05) is 12.1 Å². The molecule has 0 amide bonds.